The SMILES string of the molecule is CC(=O)OC1C[C@H](NC(=O)CCCCCc2ccccc2)C[C@]2(c3cccc(O)c3)CCN(C)C[C@@H]12. The normalized spacial score (nSPS) is 26.1. The third kappa shape index (κ3) is 6.47. The monoisotopic (exact) mass is 492 g/mol. The number of hydrogen-bond donors (Lipinski definition) is 2. The van der Waals surface area contributed by atoms with Crippen LogP contribution in [0.3, 0.4) is 0 Å². The summed E-state index contributed by atoms with van der Waals surface area (Å²) in [6.45, 7) is 3.19. The predicted octanol–water partition coefficient (Wildman–Crippen LogP) is 4.60. The molecule has 0 aromatic heterocycles. The number of carbonyl (C=O) groups is 2. The lowest BCUT2D eigenvalue weighted by Crippen LogP contribution is -2.61. The molecule has 2 N–H and O–H groups in total. The topological polar surface area (TPSA) is 78.9 Å². The van der Waals surface area contributed by atoms with Crippen molar-refractivity contribution in [1.29, 1.82) is 0 Å². The van der Waals surface area contributed by atoms with E-state index in [2.05, 4.69) is 47.6 Å². The lowest BCUT2D eigenvalue weighted by Gasteiger charge is -2.55. The molecular formula is C30H40N2O4. The molecule has 1 saturated heterocycles. The van der Waals surface area contributed by atoms with Crippen molar-refractivity contribution in [2.24, 2.45) is 5.92 Å². The Morgan fingerprint density at radius 2 is 1.92 bits per heavy atom. The first kappa shape index (κ1) is 26.2. The van der Waals surface area contributed by atoms with Gasteiger partial charge in [0.15, 0.2) is 0 Å². The van der Waals surface area contributed by atoms with Gasteiger partial charge < -0.3 is 20.1 Å². The number of fused-ring (bicyclic) bond motifs is 1. The first-order chi connectivity index (χ1) is 17.4. The van der Waals surface area contributed by atoms with Gasteiger partial charge in [0.1, 0.15) is 11.9 Å². The van der Waals surface area contributed by atoms with Gasteiger partial charge in [0, 0.05) is 43.7 Å². The van der Waals surface area contributed by atoms with Crippen molar-refractivity contribution >= 4 is 11.9 Å². The van der Waals surface area contributed by atoms with Gasteiger partial charge in [-0.25, -0.2) is 0 Å². The van der Waals surface area contributed by atoms with Crippen molar-refractivity contribution in [2.45, 2.75) is 75.9 Å². The van der Waals surface area contributed by atoms with E-state index < -0.39 is 0 Å². The molecule has 2 fully saturated rings. The number of amides is 1. The smallest absolute Gasteiger partial charge is 0.302 e. The minimum Gasteiger partial charge on any atom is -0.508 e. The van der Waals surface area contributed by atoms with Crippen LogP contribution in [0.4, 0.5) is 0 Å². The molecule has 0 radical (unpaired) electrons. The van der Waals surface area contributed by atoms with Crippen molar-refractivity contribution < 1.29 is 19.4 Å². The molecule has 4 rings (SSSR count). The van der Waals surface area contributed by atoms with Crippen LogP contribution in [0, 0.1) is 5.92 Å². The maximum Gasteiger partial charge on any atom is 0.302 e. The van der Waals surface area contributed by atoms with Crippen molar-refractivity contribution in [1.82, 2.24) is 10.2 Å². The van der Waals surface area contributed by atoms with Gasteiger partial charge >= 0.3 is 5.97 Å². The second-order valence-corrected chi connectivity index (χ2v) is 10.7. The zero-order chi connectivity index (χ0) is 25.5. The van der Waals surface area contributed by atoms with Crippen LogP contribution in [0.25, 0.3) is 0 Å². The maximum atomic E-state index is 12.9. The molecule has 1 heterocycles. The molecule has 6 heteroatoms. The Bertz CT molecular complexity index is 1030. The van der Waals surface area contributed by atoms with Gasteiger partial charge in [-0.05, 0) is 69.0 Å². The van der Waals surface area contributed by atoms with E-state index in [4.69, 9.17) is 4.74 Å². The number of aromatic hydroxyl groups is 1. The van der Waals surface area contributed by atoms with Crippen LogP contribution in [0.5, 0.6) is 5.75 Å². The van der Waals surface area contributed by atoms with Crippen molar-refractivity contribution in [3.8, 4) is 5.75 Å². The molecule has 0 bridgehead atoms. The number of nitrogens with zero attached hydrogens (tertiary/aromatic N) is 1. The summed E-state index contributed by atoms with van der Waals surface area (Å²) in [5.41, 5.74) is 2.14. The van der Waals surface area contributed by atoms with E-state index in [9.17, 15) is 14.7 Å². The van der Waals surface area contributed by atoms with E-state index in [1.165, 1.54) is 12.5 Å². The standard InChI is InChI=1S/C30H40N2O4/c1-22(33)36-28-19-25(31-29(35)15-8-4-7-12-23-10-5-3-6-11-23)20-30(16-17-32(2)21-27(28)30)24-13-9-14-26(34)18-24/h3,5-6,9-11,13-14,18,25,27-28,34H,4,7-8,12,15-17,19-21H2,1-2H3,(H,31,35)/t25-,27-,28?,30-/m0/s1. The number of phenolic OH excluding ortho intramolecular Hbond substituents is 1. The second-order valence-electron chi connectivity index (χ2n) is 10.7. The molecule has 4 atom stereocenters. The summed E-state index contributed by atoms with van der Waals surface area (Å²) < 4.78 is 5.87. The Kier molecular flexibility index (Phi) is 8.68. The zero-order valence-corrected chi connectivity index (χ0v) is 21.6. The summed E-state index contributed by atoms with van der Waals surface area (Å²) >= 11 is 0. The molecule has 1 saturated carbocycles. The number of phenols is 1. The highest BCUT2D eigenvalue weighted by atomic mass is 16.5. The number of likely N-dealkylation sites (tertiary alicyclic amines) is 1. The van der Waals surface area contributed by atoms with Crippen molar-refractivity contribution in [3.63, 3.8) is 0 Å². The average Bonchev–Trinajstić information content (AvgIpc) is 2.84. The fourth-order valence-electron chi connectivity index (χ4n) is 6.35. The van der Waals surface area contributed by atoms with E-state index in [-0.39, 0.29) is 41.1 Å². The number of hydrogen-bond acceptors (Lipinski definition) is 5. The predicted molar refractivity (Wildman–Crippen MR) is 141 cm³/mol. The molecule has 2 aromatic rings. The summed E-state index contributed by atoms with van der Waals surface area (Å²) in [7, 11) is 2.10. The van der Waals surface area contributed by atoms with Crippen LogP contribution >= 0.6 is 0 Å². The Labute approximate surface area is 215 Å². The van der Waals surface area contributed by atoms with E-state index in [1.807, 2.05) is 18.2 Å². The fourth-order valence-corrected chi connectivity index (χ4v) is 6.35. The van der Waals surface area contributed by atoms with Gasteiger partial charge in [0.25, 0.3) is 0 Å². The molecule has 1 amide bonds. The van der Waals surface area contributed by atoms with Crippen LogP contribution in [0.2, 0.25) is 0 Å². The maximum absolute atomic E-state index is 12.9. The number of ether oxygens (including phenoxy) is 1. The van der Waals surface area contributed by atoms with Gasteiger partial charge in [-0.3, -0.25) is 9.59 Å². The number of unbranched alkanes of at least 4 members (excludes halogenated alkanes) is 2. The molecule has 0 spiro atoms. The van der Waals surface area contributed by atoms with Gasteiger partial charge in [-0.15, -0.1) is 0 Å². The summed E-state index contributed by atoms with van der Waals surface area (Å²) in [5.74, 6) is 0.125. The highest BCUT2D eigenvalue weighted by molar-refractivity contribution is 5.76. The molecule has 1 aliphatic heterocycles. The first-order valence-electron chi connectivity index (χ1n) is 13.3. The number of aryl methyl sites for hydroxylation is 1. The van der Waals surface area contributed by atoms with E-state index in [0.717, 1.165) is 57.2 Å². The fraction of sp³-hybridized carbons (Fsp3) is 0.533. The first-order valence-corrected chi connectivity index (χ1v) is 13.3. The third-order valence-corrected chi connectivity index (χ3v) is 8.05. The van der Waals surface area contributed by atoms with Gasteiger partial charge in [-0.1, -0.05) is 48.9 Å². The second kappa shape index (κ2) is 11.9. The Morgan fingerprint density at radius 3 is 2.67 bits per heavy atom. The summed E-state index contributed by atoms with van der Waals surface area (Å²) in [6.07, 6.45) is 6.52. The minimum atomic E-state index is -0.288. The highest BCUT2D eigenvalue weighted by Gasteiger charge is 2.53. The number of nitrogens with one attached hydrogen (secondary N) is 1. The molecule has 2 aliphatic rings. The van der Waals surface area contributed by atoms with Gasteiger partial charge in [0.2, 0.25) is 5.91 Å². The minimum absolute atomic E-state index is 0.0683. The molecule has 194 valence electrons. The van der Waals surface area contributed by atoms with Crippen LogP contribution in [0.15, 0.2) is 54.6 Å². The molecular weight excluding hydrogens is 452 g/mol. The van der Waals surface area contributed by atoms with E-state index in [0.29, 0.717) is 12.8 Å². The zero-order valence-electron chi connectivity index (χ0n) is 21.6. The van der Waals surface area contributed by atoms with Crippen LogP contribution in [0.1, 0.15) is 63.0 Å². The number of rotatable bonds is 9. The molecule has 6 nitrogen and oxygen atoms in total. The van der Waals surface area contributed by atoms with Crippen LogP contribution in [-0.2, 0) is 26.2 Å². The molecule has 36 heavy (non-hydrogen) atoms. The quantitative estimate of drug-likeness (QED) is 0.395. The Hall–Kier alpha value is -2.86. The molecule has 1 unspecified atom stereocenters. The van der Waals surface area contributed by atoms with E-state index in [1.54, 1.807) is 6.07 Å². The number of carbonyl (C=O) groups excluding carboxylic acids is 2. The number of esters is 1. The third-order valence-electron chi connectivity index (χ3n) is 8.05. The van der Waals surface area contributed by atoms with Gasteiger partial charge in [-0.2, -0.15) is 0 Å². The number of piperidine rings is 1. The average molecular weight is 493 g/mol. The van der Waals surface area contributed by atoms with Gasteiger partial charge in [0.05, 0.1) is 0 Å². The summed E-state index contributed by atoms with van der Waals surface area (Å²) in [6, 6.07) is 17.9. The largest absolute Gasteiger partial charge is 0.508 e. The van der Waals surface area contributed by atoms with Crippen molar-refractivity contribution in [3.05, 3.63) is 65.7 Å². The van der Waals surface area contributed by atoms with E-state index >= 15 is 0 Å². The van der Waals surface area contributed by atoms with Crippen LogP contribution < -0.4 is 5.32 Å². The van der Waals surface area contributed by atoms with Crippen molar-refractivity contribution in [2.75, 3.05) is 20.1 Å². The number of benzene rings is 2. The Balaban J connectivity index is 1.42. The summed E-state index contributed by atoms with van der Waals surface area (Å²) in [4.78, 5) is 27.2. The lowest BCUT2D eigenvalue weighted by atomic mass is 9.57. The highest BCUT2D eigenvalue weighted by Crippen LogP contribution is 2.50. The molecule has 2 aromatic carbocycles. The summed E-state index contributed by atoms with van der Waals surface area (Å²) in [5, 5.41) is 13.5. The molecule has 1 aliphatic carbocycles. The lowest BCUT2D eigenvalue weighted by molar-refractivity contribution is -0.157. The van der Waals surface area contributed by atoms with Crippen LogP contribution in [-0.4, -0.2) is 54.2 Å². The Morgan fingerprint density at radius 1 is 1.11 bits per heavy atom.